The average molecular weight is 284 g/mol. The van der Waals surface area contributed by atoms with Gasteiger partial charge in [0.05, 0.1) is 0 Å². The maximum atomic E-state index is 12.0. The number of hydrogen-bond acceptors (Lipinski definition) is 3. The number of nitrogens with zero attached hydrogens (tertiary/aromatic N) is 1. The van der Waals surface area contributed by atoms with Gasteiger partial charge in [0.25, 0.3) is 0 Å². The molecule has 0 aromatic heterocycles. The number of hydrogen-bond donors (Lipinski definition) is 1. The summed E-state index contributed by atoms with van der Waals surface area (Å²) in [5.41, 5.74) is -4.10. The largest absolute Gasteiger partial charge is 0.441 e. The van der Waals surface area contributed by atoms with Crippen LogP contribution < -0.4 is 5.32 Å². The van der Waals surface area contributed by atoms with Crippen molar-refractivity contribution in [3.63, 3.8) is 0 Å². The van der Waals surface area contributed by atoms with E-state index in [1.54, 1.807) is 0 Å². The summed E-state index contributed by atoms with van der Waals surface area (Å²) in [5.74, 6) is 0.105. The Morgan fingerprint density at radius 3 is 2.61 bits per heavy atom. The number of alkyl halides is 3. The normalized spacial score (nSPS) is 23.3. The van der Waals surface area contributed by atoms with Crippen LogP contribution in [0.1, 0.15) is 33.1 Å². The summed E-state index contributed by atoms with van der Waals surface area (Å²) in [6.07, 6.45) is 3.23. The molecular weight excluding hydrogens is 261 g/mol. The van der Waals surface area contributed by atoms with E-state index in [1.807, 2.05) is 0 Å². The molecular formula is C12H23F3N2S. The summed E-state index contributed by atoms with van der Waals surface area (Å²) in [4.78, 5) is 2.44. The molecule has 0 aromatic rings. The van der Waals surface area contributed by atoms with Crippen LogP contribution >= 0.6 is 11.8 Å². The molecule has 2 nitrogen and oxygen atoms in total. The van der Waals surface area contributed by atoms with Crippen molar-refractivity contribution in [1.82, 2.24) is 10.2 Å². The highest BCUT2D eigenvalue weighted by molar-refractivity contribution is 8.00. The number of likely N-dealkylation sites (tertiary alicyclic amines) is 1. The van der Waals surface area contributed by atoms with Gasteiger partial charge in [-0.05, 0) is 58.0 Å². The third kappa shape index (κ3) is 6.85. The number of thioether (sulfide) groups is 1. The lowest BCUT2D eigenvalue weighted by Crippen LogP contribution is -2.34. The average Bonchev–Trinajstić information content (AvgIpc) is 2.48. The van der Waals surface area contributed by atoms with Crippen molar-refractivity contribution in [1.29, 1.82) is 0 Å². The maximum absolute atomic E-state index is 12.0. The van der Waals surface area contributed by atoms with E-state index in [4.69, 9.17) is 0 Å². The third-order valence-corrected chi connectivity index (χ3v) is 4.03. The predicted octanol–water partition coefficient (Wildman–Crippen LogP) is 3.09. The molecule has 1 aliphatic rings. The zero-order valence-corrected chi connectivity index (χ0v) is 11.9. The molecule has 1 N–H and O–H groups in total. The molecule has 0 radical (unpaired) electrons. The first-order valence-electron chi connectivity index (χ1n) is 6.56. The molecule has 1 fully saturated rings. The molecule has 0 spiro atoms. The second kappa shape index (κ2) is 7.60. The quantitative estimate of drug-likeness (QED) is 0.781. The van der Waals surface area contributed by atoms with E-state index in [9.17, 15) is 13.2 Å². The summed E-state index contributed by atoms with van der Waals surface area (Å²) >= 11 is 0.0599. The first-order chi connectivity index (χ1) is 8.38. The molecule has 1 atom stereocenters. The van der Waals surface area contributed by atoms with E-state index in [2.05, 4.69) is 24.1 Å². The summed E-state index contributed by atoms with van der Waals surface area (Å²) in [7, 11) is 0. The second-order valence-corrected chi connectivity index (χ2v) is 6.17. The monoisotopic (exact) mass is 284 g/mol. The van der Waals surface area contributed by atoms with E-state index in [1.165, 1.54) is 0 Å². The minimum absolute atomic E-state index is 0.0599. The fraction of sp³-hybridized carbons (Fsp3) is 1.00. The Morgan fingerprint density at radius 2 is 2.00 bits per heavy atom. The van der Waals surface area contributed by atoms with E-state index in [0.717, 1.165) is 32.4 Å². The van der Waals surface area contributed by atoms with Gasteiger partial charge in [0.1, 0.15) is 0 Å². The molecule has 0 aliphatic carbocycles. The minimum Gasteiger partial charge on any atom is -0.313 e. The summed E-state index contributed by atoms with van der Waals surface area (Å²) in [5, 5.41) is 3.25. The minimum atomic E-state index is -4.10. The van der Waals surface area contributed by atoms with Crippen LogP contribution in [0.25, 0.3) is 0 Å². The van der Waals surface area contributed by atoms with Crippen molar-refractivity contribution >= 4 is 11.8 Å². The fourth-order valence-corrected chi connectivity index (χ4v) is 2.72. The van der Waals surface area contributed by atoms with Gasteiger partial charge in [0, 0.05) is 24.4 Å². The summed E-state index contributed by atoms with van der Waals surface area (Å²) in [6.45, 7) is 6.97. The molecule has 1 rings (SSSR count). The van der Waals surface area contributed by atoms with Gasteiger partial charge in [-0.1, -0.05) is 0 Å². The first kappa shape index (κ1) is 16.1. The lowest BCUT2D eigenvalue weighted by molar-refractivity contribution is -0.0327. The van der Waals surface area contributed by atoms with Gasteiger partial charge < -0.3 is 10.2 Å². The van der Waals surface area contributed by atoms with E-state index in [0.29, 0.717) is 18.6 Å². The van der Waals surface area contributed by atoms with Crippen LogP contribution in [0.5, 0.6) is 0 Å². The molecule has 1 heterocycles. The Labute approximate surface area is 112 Å². The zero-order chi connectivity index (χ0) is 13.6. The van der Waals surface area contributed by atoms with Gasteiger partial charge in [-0.2, -0.15) is 13.2 Å². The van der Waals surface area contributed by atoms with Crippen molar-refractivity contribution in [3.8, 4) is 0 Å². The van der Waals surface area contributed by atoms with Crippen molar-refractivity contribution in [2.75, 3.05) is 25.4 Å². The van der Waals surface area contributed by atoms with E-state index in [-0.39, 0.29) is 17.5 Å². The molecule has 18 heavy (non-hydrogen) atoms. The summed E-state index contributed by atoms with van der Waals surface area (Å²) < 4.78 is 35.9. The molecule has 108 valence electrons. The number of nitrogens with one attached hydrogen (secondary N) is 1. The Kier molecular flexibility index (Phi) is 6.81. The molecule has 6 heteroatoms. The molecule has 0 aromatic carbocycles. The van der Waals surface area contributed by atoms with Crippen LogP contribution in [0.4, 0.5) is 13.2 Å². The van der Waals surface area contributed by atoms with Crippen molar-refractivity contribution < 1.29 is 13.2 Å². The van der Waals surface area contributed by atoms with Gasteiger partial charge in [0.2, 0.25) is 0 Å². The highest BCUT2D eigenvalue weighted by atomic mass is 32.2. The molecule has 0 saturated carbocycles. The predicted molar refractivity (Wildman–Crippen MR) is 70.9 cm³/mol. The smallest absolute Gasteiger partial charge is 0.313 e. The van der Waals surface area contributed by atoms with Gasteiger partial charge in [-0.15, -0.1) is 0 Å². The molecule has 1 saturated heterocycles. The topological polar surface area (TPSA) is 15.3 Å². The Hall–Kier alpha value is 0.0600. The molecule has 0 amide bonds. The van der Waals surface area contributed by atoms with Gasteiger partial charge >= 0.3 is 5.51 Å². The third-order valence-electron chi connectivity index (χ3n) is 3.29. The number of halogens is 3. The second-order valence-electron chi connectivity index (χ2n) is 5.01. The van der Waals surface area contributed by atoms with Crippen molar-refractivity contribution in [2.24, 2.45) is 0 Å². The molecule has 1 aliphatic heterocycles. The maximum Gasteiger partial charge on any atom is 0.441 e. The van der Waals surface area contributed by atoms with Crippen LogP contribution in [0, 0.1) is 0 Å². The molecule has 0 bridgehead atoms. The standard InChI is InChI=1S/C12H23F3N2S/c1-10(2)17-7-3-4-11(5-8-17)16-6-9-18-12(13,14)15/h10-11,16H,3-9H2,1-2H3. The Bertz CT molecular complexity index is 234. The molecule has 1 unspecified atom stereocenters. The van der Waals surface area contributed by atoms with Gasteiger partial charge in [-0.3, -0.25) is 0 Å². The lowest BCUT2D eigenvalue weighted by Gasteiger charge is -2.24. The van der Waals surface area contributed by atoms with Crippen LogP contribution in [0.2, 0.25) is 0 Å². The van der Waals surface area contributed by atoms with Crippen molar-refractivity contribution in [2.45, 2.75) is 50.7 Å². The fourth-order valence-electron chi connectivity index (χ4n) is 2.27. The van der Waals surface area contributed by atoms with Gasteiger partial charge in [0.15, 0.2) is 0 Å². The lowest BCUT2D eigenvalue weighted by atomic mass is 10.1. The highest BCUT2D eigenvalue weighted by Crippen LogP contribution is 2.29. The summed E-state index contributed by atoms with van der Waals surface area (Å²) in [6, 6.07) is 0.937. The first-order valence-corrected chi connectivity index (χ1v) is 7.55. The SMILES string of the molecule is CC(C)N1CCCC(NCCSC(F)(F)F)CC1. The van der Waals surface area contributed by atoms with E-state index >= 15 is 0 Å². The number of rotatable bonds is 5. The van der Waals surface area contributed by atoms with E-state index < -0.39 is 5.51 Å². The zero-order valence-electron chi connectivity index (χ0n) is 11.1. The van der Waals surface area contributed by atoms with Crippen molar-refractivity contribution in [3.05, 3.63) is 0 Å². The van der Waals surface area contributed by atoms with Gasteiger partial charge in [-0.25, -0.2) is 0 Å². The Morgan fingerprint density at radius 1 is 1.28 bits per heavy atom. The van der Waals surface area contributed by atoms with Crippen LogP contribution in [-0.2, 0) is 0 Å². The highest BCUT2D eigenvalue weighted by Gasteiger charge is 2.27. The Balaban J connectivity index is 2.16. The van der Waals surface area contributed by atoms with Crippen LogP contribution in [0.3, 0.4) is 0 Å². The van der Waals surface area contributed by atoms with Crippen LogP contribution in [0.15, 0.2) is 0 Å². The van der Waals surface area contributed by atoms with Crippen LogP contribution in [-0.4, -0.2) is 47.9 Å².